The fourth-order valence-electron chi connectivity index (χ4n) is 1.55. The van der Waals surface area contributed by atoms with Crippen molar-refractivity contribution in [1.82, 2.24) is 9.97 Å². The van der Waals surface area contributed by atoms with Crippen LogP contribution in [-0.2, 0) is 0 Å². The SMILES string of the molecule is Cc1nc(C(=O)Nc2ccc(O)c(Cl)c2)c(=O)[nH]c1C. The summed E-state index contributed by atoms with van der Waals surface area (Å²) in [6.45, 7) is 3.39. The molecule has 1 amide bonds. The topological polar surface area (TPSA) is 95.1 Å². The van der Waals surface area contributed by atoms with Crippen molar-refractivity contribution in [2.24, 2.45) is 0 Å². The molecule has 1 aromatic heterocycles. The number of benzene rings is 1. The van der Waals surface area contributed by atoms with Gasteiger partial charge in [-0.1, -0.05) is 11.6 Å². The molecule has 0 fully saturated rings. The van der Waals surface area contributed by atoms with E-state index in [0.717, 1.165) is 0 Å². The number of H-pyrrole nitrogens is 1. The number of carbonyl (C=O) groups excluding carboxylic acids is 1. The number of nitrogens with one attached hydrogen (secondary N) is 2. The van der Waals surface area contributed by atoms with Gasteiger partial charge in [0.05, 0.1) is 10.7 Å². The molecule has 0 spiro atoms. The van der Waals surface area contributed by atoms with E-state index >= 15 is 0 Å². The van der Waals surface area contributed by atoms with Crippen LogP contribution in [0, 0.1) is 13.8 Å². The predicted octanol–water partition coefficient (Wildman–Crippen LogP) is 2.00. The lowest BCUT2D eigenvalue weighted by Crippen LogP contribution is -2.26. The summed E-state index contributed by atoms with van der Waals surface area (Å²) in [4.78, 5) is 30.2. The molecule has 1 aromatic carbocycles. The highest BCUT2D eigenvalue weighted by molar-refractivity contribution is 6.32. The number of aromatic hydroxyl groups is 1. The number of aromatic amines is 1. The van der Waals surface area contributed by atoms with Gasteiger partial charge in [-0.2, -0.15) is 0 Å². The number of hydrogen-bond donors (Lipinski definition) is 3. The van der Waals surface area contributed by atoms with Gasteiger partial charge in [0, 0.05) is 11.4 Å². The molecule has 6 nitrogen and oxygen atoms in total. The number of hydrogen-bond acceptors (Lipinski definition) is 4. The molecular formula is C13H12ClN3O3. The number of anilines is 1. The van der Waals surface area contributed by atoms with Crippen LogP contribution < -0.4 is 10.9 Å². The molecule has 1 heterocycles. The number of aromatic nitrogens is 2. The maximum absolute atomic E-state index is 12.0. The van der Waals surface area contributed by atoms with Crippen molar-refractivity contribution in [3.63, 3.8) is 0 Å². The lowest BCUT2D eigenvalue weighted by molar-refractivity contribution is 0.102. The number of nitrogens with zero attached hydrogens (tertiary/aromatic N) is 1. The Morgan fingerprint density at radius 2 is 2.10 bits per heavy atom. The van der Waals surface area contributed by atoms with Crippen LogP contribution in [0.25, 0.3) is 0 Å². The average molecular weight is 294 g/mol. The van der Waals surface area contributed by atoms with Crippen molar-refractivity contribution in [3.05, 3.63) is 50.7 Å². The zero-order chi connectivity index (χ0) is 14.9. The first-order chi connectivity index (χ1) is 9.38. The summed E-state index contributed by atoms with van der Waals surface area (Å²) in [6, 6.07) is 4.19. The second-order valence-corrected chi connectivity index (χ2v) is 4.65. The second-order valence-electron chi connectivity index (χ2n) is 4.25. The first-order valence-electron chi connectivity index (χ1n) is 5.76. The van der Waals surface area contributed by atoms with E-state index in [1.807, 2.05) is 0 Å². The van der Waals surface area contributed by atoms with Gasteiger partial charge >= 0.3 is 0 Å². The minimum atomic E-state index is -0.642. The Hall–Kier alpha value is -2.34. The van der Waals surface area contributed by atoms with Crippen LogP contribution >= 0.6 is 11.6 Å². The van der Waals surface area contributed by atoms with Crippen LogP contribution in [0.4, 0.5) is 5.69 Å². The van der Waals surface area contributed by atoms with E-state index in [-0.39, 0.29) is 16.5 Å². The number of amides is 1. The standard InChI is InChI=1S/C13H12ClN3O3/c1-6-7(2)16-12(19)11(15-6)13(20)17-8-3-4-10(18)9(14)5-8/h3-5,18H,1-2H3,(H,16,19)(H,17,20). The molecule has 3 N–H and O–H groups in total. The highest BCUT2D eigenvalue weighted by atomic mass is 35.5. The molecule has 20 heavy (non-hydrogen) atoms. The summed E-state index contributed by atoms with van der Waals surface area (Å²) in [5.41, 5.74) is 0.753. The van der Waals surface area contributed by atoms with Crippen molar-refractivity contribution < 1.29 is 9.90 Å². The normalized spacial score (nSPS) is 10.3. The Balaban J connectivity index is 2.30. The molecule has 104 valence electrons. The van der Waals surface area contributed by atoms with Gasteiger partial charge < -0.3 is 15.4 Å². The van der Waals surface area contributed by atoms with Crippen LogP contribution in [-0.4, -0.2) is 21.0 Å². The average Bonchev–Trinajstić information content (AvgIpc) is 2.38. The Bertz CT molecular complexity index is 740. The minimum Gasteiger partial charge on any atom is -0.506 e. The molecule has 0 atom stereocenters. The molecule has 2 rings (SSSR count). The number of rotatable bonds is 2. The molecule has 0 aliphatic carbocycles. The zero-order valence-electron chi connectivity index (χ0n) is 10.8. The smallest absolute Gasteiger partial charge is 0.280 e. The lowest BCUT2D eigenvalue weighted by atomic mass is 10.2. The lowest BCUT2D eigenvalue weighted by Gasteiger charge is -2.07. The molecule has 0 aliphatic rings. The minimum absolute atomic E-state index is 0.0909. The van der Waals surface area contributed by atoms with Crippen LogP contribution in [0.2, 0.25) is 5.02 Å². The first kappa shape index (κ1) is 14.1. The molecule has 0 radical (unpaired) electrons. The monoisotopic (exact) mass is 293 g/mol. The first-order valence-corrected chi connectivity index (χ1v) is 6.13. The van der Waals surface area contributed by atoms with E-state index in [4.69, 9.17) is 11.6 Å². The molecule has 0 aliphatic heterocycles. The third-order valence-corrected chi connectivity index (χ3v) is 3.06. The summed E-state index contributed by atoms with van der Waals surface area (Å²) in [7, 11) is 0. The molecule has 2 aromatic rings. The maximum Gasteiger partial charge on any atom is 0.280 e. The fraction of sp³-hybridized carbons (Fsp3) is 0.154. The van der Waals surface area contributed by atoms with Gasteiger partial charge in [0.1, 0.15) is 5.75 Å². The zero-order valence-corrected chi connectivity index (χ0v) is 11.6. The number of halogens is 1. The summed E-state index contributed by atoms with van der Waals surface area (Å²) in [6.07, 6.45) is 0. The van der Waals surface area contributed by atoms with Gasteiger partial charge in [0.15, 0.2) is 5.69 Å². The number of aryl methyl sites for hydroxylation is 2. The van der Waals surface area contributed by atoms with Gasteiger partial charge in [-0.05, 0) is 32.0 Å². The van der Waals surface area contributed by atoms with E-state index in [1.165, 1.54) is 18.2 Å². The van der Waals surface area contributed by atoms with Crippen LogP contribution in [0.1, 0.15) is 21.9 Å². The predicted molar refractivity (Wildman–Crippen MR) is 75.4 cm³/mol. The van der Waals surface area contributed by atoms with Crippen molar-refractivity contribution in [2.75, 3.05) is 5.32 Å². The van der Waals surface area contributed by atoms with Crippen molar-refractivity contribution in [1.29, 1.82) is 0 Å². The van der Waals surface area contributed by atoms with Gasteiger partial charge in [-0.3, -0.25) is 9.59 Å². The Kier molecular flexibility index (Phi) is 3.76. The fourth-order valence-corrected chi connectivity index (χ4v) is 1.73. The molecule has 7 heteroatoms. The Morgan fingerprint density at radius 3 is 2.75 bits per heavy atom. The summed E-state index contributed by atoms with van der Waals surface area (Å²) in [5.74, 6) is -0.733. The summed E-state index contributed by atoms with van der Waals surface area (Å²) < 4.78 is 0. The van der Waals surface area contributed by atoms with Crippen LogP contribution in [0.3, 0.4) is 0 Å². The van der Waals surface area contributed by atoms with Crippen molar-refractivity contribution in [3.8, 4) is 5.75 Å². The van der Waals surface area contributed by atoms with Crippen LogP contribution in [0.15, 0.2) is 23.0 Å². The van der Waals surface area contributed by atoms with Gasteiger partial charge in [0.25, 0.3) is 11.5 Å². The molecule has 0 bridgehead atoms. The Morgan fingerprint density at radius 1 is 1.40 bits per heavy atom. The van der Waals surface area contributed by atoms with Crippen molar-refractivity contribution in [2.45, 2.75) is 13.8 Å². The largest absolute Gasteiger partial charge is 0.506 e. The third kappa shape index (κ3) is 2.80. The summed E-state index contributed by atoms with van der Waals surface area (Å²) in [5, 5.41) is 11.9. The van der Waals surface area contributed by atoms with Crippen molar-refractivity contribution >= 4 is 23.2 Å². The van der Waals surface area contributed by atoms with Gasteiger partial charge in [0.2, 0.25) is 0 Å². The number of phenols is 1. The molecular weight excluding hydrogens is 282 g/mol. The van der Waals surface area contributed by atoms with E-state index < -0.39 is 11.5 Å². The van der Waals surface area contributed by atoms with Gasteiger partial charge in [-0.25, -0.2) is 4.98 Å². The maximum atomic E-state index is 12.0. The molecule has 0 saturated heterocycles. The molecule has 0 unspecified atom stereocenters. The highest BCUT2D eigenvalue weighted by Gasteiger charge is 2.14. The Labute approximate surface area is 119 Å². The summed E-state index contributed by atoms with van der Waals surface area (Å²) >= 11 is 5.74. The van der Waals surface area contributed by atoms with Gasteiger partial charge in [-0.15, -0.1) is 0 Å². The number of carbonyl (C=O) groups is 1. The third-order valence-electron chi connectivity index (χ3n) is 2.76. The van der Waals surface area contributed by atoms with E-state index in [1.54, 1.807) is 13.8 Å². The van der Waals surface area contributed by atoms with Crippen LogP contribution in [0.5, 0.6) is 5.75 Å². The molecule has 0 saturated carbocycles. The second kappa shape index (κ2) is 5.34. The highest BCUT2D eigenvalue weighted by Crippen LogP contribution is 2.26. The number of phenolic OH excluding ortho intramolecular Hbond substituents is 1. The van der Waals surface area contributed by atoms with E-state index in [9.17, 15) is 14.7 Å². The quantitative estimate of drug-likeness (QED) is 0.738. The van der Waals surface area contributed by atoms with E-state index in [2.05, 4.69) is 15.3 Å². The van der Waals surface area contributed by atoms with E-state index in [0.29, 0.717) is 17.1 Å².